The monoisotopic (exact) mass is 253 g/mol. The molecule has 2 rings (SSSR count). The quantitative estimate of drug-likeness (QED) is 0.474. The van der Waals surface area contributed by atoms with Crippen LogP contribution in [0.15, 0.2) is 4.99 Å². The van der Waals surface area contributed by atoms with Crippen LogP contribution >= 0.6 is 0 Å². The van der Waals surface area contributed by atoms with Crippen molar-refractivity contribution < 1.29 is 4.74 Å². The summed E-state index contributed by atoms with van der Waals surface area (Å²) < 4.78 is 5.07. The first-order valence-electron chi connectivity index (χ1n) is 7.24. The molecule has 0 unspecified atom stereocenters. The third-order valence-electron chi connectivity index (χ3n) is 4.45. The Morgan fingerprint density at radius 2 is 2.06 bits per heavy atom. The van der Waals surface area contributed by atoms with E-state index in [0.717, 1.165) is 25.7 Å². The van der Waals surface area contributed by atoms with Gasteiger partial charge < -0.3 is 15.0 Å². The van der Waals surface area contributed by atoms with Gasteiger partial charge in [0, 0.05) is 33.8 Å². The van der Waals surface area contributed by atoms with Crippen molar-refractivity contribution in [2.24, 2.45) is 10.4 Å². The maximum atomic E-state index is 5.07. The molecule has 104 valence electrons. The van der Waals surface area contributed by atoms with Crippen LogP contribution in [0, 0.1) is 5.41 Å². The second kappa shape index (κ2) is 6.41. The predicted octanol–water partition coefficient (Wildman–Crippen LogP) is 1.86. The summed E-state index contributed by atoms with van der Waals surface area (Å²) in [7, 11) is 3.61. The number of ether oxygens (including phenoxy) is 1. The molecule has 0 radical (unpaired) electrons. The number of likely N-dealkylation sites (tertiary alicyclic amines) is 1. The normalized spacial score (nSPS) is 23.7. The Morgan fingerprint density at radius 3 is 2.72 bits per heavy atom. The van der Waals surface area contributed by atoms with Crippen molar-refractivity contribution in [1.29, 1.82) is 0 Å². The van der Waals surface area contributed by atoms with E-state index in [1.54, 1.807) is 7.11 Å². The molecule has 18 heavy (non-hydrogen) atoms. The minimum atomic E-state index is 0.594. The van der Waals surface area contributed by atoms with E-state index < -0.39 is 0 Å². The van der Waals surface area contributed by atoms with E-state index in [1.807, 2.05) is 7.05 Å². The second-order valence-electron chi connectivity index (χ2n) is 5.70. The van der Waals surface area contributed by atoms with Gasteiger partial charge in [0.1, 0.15) is 0 Å². The molecular weight excluding hydrogens is 226 g/mol. The zero-order valence-electron chi connectivity index (χ0n) is 11.9. The zero-order valence-corrected chi connectivity index (χ0v) is 11.9. The SMILES string of the molecule is CN=C(NCCOC)N1CCC2(CCCCC2)C1. The molecule has 0 aromatic heterocycles. The lowest BCUT2D eigenvalue weighted by Crippen LogP contribution is -2.42. The van der Waals surface area contributed by atoms with Crippen LogP contribution in [-0.4, -0.2) is 51.3 Å². The standard InChI is InChI=1S/C14H27N3O/c1-15-13(16-9-11-18-2)17-10-8-14(12-17)6-4-3-5-7-14/h3-12H2,1-2H3,(H,15,16). The molecule has 0 amide bonds. The molecular formula is C14H27N3O. The molecule has 2 aliphatic rings. The van der Waals surface area contributed by atoms with Gasteiger partial charge in [-0.05, 0) is 24.7 Å². The Kier molecular flexibility index (Phi) is 4.87. The fourth-order valence-electron chi connectivity index (χ4n) is 3.42. The smallest absolute Gasteiger partial charge is 0.193 e. The Labute approximate surface area is 111 Å². The van der Waals surface area contributed by atoms with Crippen molar-refractivity contribution in [1.82, 2.24) is 10.2 Å². The molecule has 1 saturated heterocycles. The number of rotatable bonds is 3. The molecule has 0 bridgehead atoms. The summed E-state index contributed by atoms with van der Waals surface area (Å²) in [5, 5.41) is 3.39. The first-order valence-corrected chi connectivity index (χ1v) is 7.24. The summed E-state index contributed by atoms with van der Waals surface area (Å²) >= 11 is 0. The molecule has 1 aliphatic heterocycles. The van der Waals surface area contributed by atoms with Crippen LogP contribution < -0.4 is 5.32 Å². The van der Waals surface area contributed by atoms with Crippen molar-refractivity contribution in [3.05, 3.63) is 0 Å². The molecule has 0 atom stereocenters. The van der Waals surface area contributed by atoms with Gasteiger partial charge in [-0.25, -0.2) is 0 Å². The molecule has 0 aromatic rings. The lowest BCUT2D eigenvalue weighted by atomic mass is 9.73. The van der Waals surface area contributed by atoms with Gasteiger partial charge in [-0.15, -0.1) is 0 Å². The average Bonchev–Trinajstić information content (AvgIpc) is 2.79. The fraction of sp³-hybridized carbons (Fsp3) is 0.929. The molecule has 1 saturated carbocycles. The van der Waals surface area contributed by atoms with Crippen LogP contribution in [0.3, 0.4) is 0 Å². The lowest BCUT2D eigenvalue weighted by Gasteiger charge is -2.33. The van der Waals surface area contributed by atoms with Crippen molar-refractivity contribution in [2.75, 3.05) is 40.4 Å². The highest BCUT2D eigenvalue weighted by molar-refractivity contribution is 5.80. The minimum Gasteiger partial charge on any atom is -0.383 e. The van der Waals surface area contributed by atoms with Crippen LogP contribution in [0.4, 0.5) is 0 Å². The van der Waals surface area contributed by atoms with Crippen molar-refractivity contribution in [2.45, 2.75) is 38.5 Å². The lowest BCUT2D eigenvalue weighted by molar-refractivity contribution is 0.198. The highest BCUT2D eigenvalue weighted by Gasteiger charge is 2.39. The van der Waals surface area contributed by atoms with Gasteiger partial charge in [0.15, 0.2) is 5.96 Å². The van der Waals surface area contributed by atoms with Crippen LogP contribution in [-0.2, 0) is 4.74 Å². The number of guanidine groups is 1. The van der Waals surface area contributed by atoms with Gasteiger partial charge >= 0.3 is 0 Å². The van der Waals surface area contributed by atoms with Gasteiger partial charge in [0.2, 0.25) is 0 Å². The van der Waals surface area contributed by atoms with Crippen LogP contribution in [0.1, 0.15) is 38.5 Å². The average molecular weight is 253 g/mol. The van der Waals surface area contributed by atoms with E-state index in [4.69, 9.17) is 4.74 Å². The predicted molar refractivity (Wildman–Crippen MR) is 74.9 cm³/mol. The summed E-state index contributed by atoms with van der Waals surface area (Å²) in [6, 6.07) is 0. The Hall–Kier alpha value is -0.770. The van der Waals surface area contributed by atoms with Crippen LogP contribution in [0.25, 0.3) is 0 Å². The Balaban J connectivity index is 1.86. The van der Waals surface area contributed by atoms with Gasteiger partial charge in [-0.3, -0.25) is 4.99 Å². The van der Waals surface area contributed by atoms with Gasteiger partial charge in [-0.2, -0.15) is 0 Å². The highest BCUT2D eigenvalue weighted by Crippen LogP contribution is 2.43. The number of hydrogen-bond acceptors (Lipinski definition) is 2. The minimum absolute atomic E-state index is 0.594. The summed E-state index contributed by atoms with van der Waals surface area (Å²) in [4.78, 5) is 6.83. The van der Waals surface area contributed by atoms with Crippen molar-refractivity contribution in [3.8, 4) is 0 Å². The number of hydrogen-bond donors (Lipinski definition) is 1. The summed E-state index contributed by atoms with van der Waals surface area (Å²) in [5.41, 5.74) is 0.594. The summed E-state index contributed by atoms with van der Waals surface area (Å²) in [6.45, 7) is 3.93. The molecule has 1 aliphatic carbocycles. The Bertz CT molecular complexity index is 285. The van der Waals surface area contributed by atoms with Crippen molar-refractivity contribution >= 4 is 5.96 Å². The number of aliphatic imine (C=N–C) groups is 1. The van der Waals surface area contributed by atoms with E-state index in [9.17, 15) is 0 Å². The van der Waals surface area contributed by atoms with Gasteiger partial charge in [-0.1, -0.05) is 19.3 Å². The van der Waals surface area contributed by atoms with Gasteiger partial charge in [0.25, 0.3) is 0 Å². The molecule has 0 aromatic carbocycles. The first kappa shape index (κ1) is 13.7. The third-order valence-corrected chi connectivity index (χ3v) is 4.45. The Morgan fingerprint density at radius 1 is 1.28 bits per heavy atom. The third kappa shape index (κ3) is 3.16. The van der Waals surface area contributed by atoms with E-state index in [2.05, 4.69) is 15.2 Å². The van der Waals surface area contributed by atoms with E-state index in [0.29, 0.717) is 5.41 Å². The number of methoxy groups -OCH3 is 1. The maximum absolute atomic E-state index is 5.07. The van der Waals surface area contributed by atoms with E-state index in [1.165, 1.54) is 45.1 Å². The molecule has 4 heteroatoms. The van der Waals surface area contributed by atoms with E-state index >= 15 is 0 Å². The topological polar surface area (TPSA) is 36.9 Å². The van der Waals surface area contributed by atoms with Crippen LogP contribution in [0.2, 0.25) is 0 Å². The molecule has 1 heterocycles. The first-order chi connectivity index (χ1) is 8.79. The van der Waals surface area contributed by atoms with Crippen LogP contribution in [0.5, 0.6) is 0 Å². The highest BCUT2D eigenvalue weighted by atomic mass is 16.5. The maximum Gasteiger partial charge on any atom is 0.193 e. The summed E-state index contributed by atoms with van der Waals surface area (Å²) in [5.74, 6) is 1.05. The fourth-order valence-corrected chi connectivity index (χ4v) is 3.42. The zero-order chi connectivity index (χ0) is 12.8. The molecule has 1 spiro atoms. The number of nitrogens with one attached hydrogen (secondary N) is 1. The molecule has 2 fully saturated rings. The van der Waals surface area contributed by atoms with Gasteiger partial charge in [0.05, 0.1) is 6.61 Å². The largest absolute Gasteiger partial charge is 0.383 e. The van der Waals surface area contributed by atoms with Crippen molar-refractivity contribution in [3.63, 3.8) is 0 Å². The summed E-state index contributed by atoms with van der Waals surface area (Å²) in [6.07, 6.45) is 8.45. The molecule has 1 N–H and O–H groups in total. The number of nitrogens with zero attached hydrogens (tertiary/aromatic N) is 2. The second-order valence-corrected chi connectivity index (χ2v) is 5.70. The van der Waals surface area contributed by atoms with E-state index in [-0.39, 0.29) is 0 Å². The molecule has 4 nitrogen and oxygen atoms in total.